The van der Waals surface area contributed by atoms with Crippen molar-refractivity contribution >= 4 is 29.6 Å². The minimum absolute atomic E-state index is 0.00583. The highest BCUT2D eigenvalue weighted by molar-refractivity contribution is 7.98. The summed E-state index contributed by atoms with van der Waals surface area (Å²) in [6.07, 6.45) is 3.44. The maximum atomic E-state index is 13.6. The second kappa shape index (κ2) is 14.0. The molecule has 3 aromatic rings. The number of carbonyl (C=O) groups excluding carboxylic acids is 3. The Labute approximate surface area is 261 Å². The molecule has 2 unspecified atom stereocenters. The molecule has 1 aromatic heterocycles. The summed E-state index contributed by atoms with van der Waals surface area (Å²) in [6, 6.07) is 18.5. The number of aryl methyl sites for hydroxylation is 1. The topological polar surface area (TPSA) is 119 Å². The number of piperidine rings is 1. The predicted molar refractivity (Wildman–Crippen MR) is 165 cm³/mol. The van der Waals surface area contributed by atoms with Crippen molar-refractivity contribution in [2.45, 2.75) is 75.4 Å². The van der Waals surface area contributed by atoms with E-state index in [-0.39, 0.29) is 36.7 Å². The number of hydrogen-bond acceptors (Lipinski definition) is 9. The number of thioether (sulfide) groups is 1. The fourth-order valence-corrected chi connectivity index (χ4v) is 6.82. The zero-order valence-corrected chi connectivity index (χ0v) is 25.9. The van der Waals surface area contributed by atoms with Gasteiger partial charge in [-0.2, -0.15) is 5.26 Å². The van der Waals surface area contributed by atoms with Crippen LogP contribution < -0.4 is 4.74 Å². The number of aromatic nitrogens is 1. The fraction of sp³-hybridized carbons (Fsp3) is 0.382. The zero-order valence-electron chi connectivity index (χ0n) is 25.1. The Morgan fingerprint density at radius 2 is 1.55 bits per heavy atom. The second-order valence-electron chi connectivity index (χ2n) is 10.8. The van der Waals surface area contributed by atoms with E-state index in [0.717, 1.165) is 31.2 Å². The molecule has 2 aliphatic heterocycles. The van der Waals surface area contributed by atoms with Crippen molar-refractivity contribution in [3.05, 3.63) is 88.1 Å². The number of ether oxygens (including phenoxy) is 3. The summed E-state index contributed by atoms with van der Waals surface area (Å²) in [6.45, 7) is 5.82. The molecule has 0 spiro atoms. The molecule has 2 aliphatic rings. The third-order valence-electron chi connectivity index (χ3n) is 7.96. The number of rotatable bonds is 10. The molecular formula is C34H35N3O6S. The van der Waals surface area contributed by atoms with Crippen molar-refractivity contribution in [2.75, 3.05) is 13.2 Å². The van der Waals surface area contributed by atoms with E-state index >= 15 is 0 Å². The molecule has 0 radical (unpaired) electrons. The smallest absolute Gasteiger partial charge is 0.340 e. The Morgan fingerprint density at radius 1 is 0.932 bits per heavy atom. The Bertz CT molecular complexity index is 1550. The molecule has 0 aliphatic carbocycles. The molecule has 10 heteroatoms. The molecule has 2 bridgehead atoms. The Kier molecular flexibility index (Phi) is 9.85. The van der Waals surface area contributed by atoms with Crippen LogP contribution in [0.3, 0.4) is 0 Å². The maximum absolute atomic E-state index is 13.6. The SMILES string of the molecule is CCOC(=O)c1ccc(OC2CC3CCC(C2)N3C(=O)c2ccc(CSc3nc(C)c(C(=O)OCC)cc3C#N)cc2)cc1. The molecule has 0 N–H and O–H groups in total. The summed E-state index contributed by atoms with van der Waals surface area (Å²) in [5.74, 6) is 0.463. The van der Waals surface area contributed by atoms with E-state index in [2.05, 4.69) is 11.1 Å². The predicted octanol–water partition coefficient (Wildman–Crippen LogP) is 6.12. The summed E-state index contributed by atoms with van der Waals surface area (Å²) in [7, 11) is 0. The number of pyridine rings is 1. The molecule has 5 rings (SSSR count). The number of nitriles is 1. The summed E-state index contributed by atoms with van der Waals surface area (Å²) in [5.41, 5.74) is 3.27. The lowest BCUT2D eigenvalue weighted by Gasteiger charge is -2.39. The van der Waals surface area contributed by atoms with Crippen molar-refractivity contribution < 1.29 is 28.6 Å². The largest absolute Gasteiger partial charge is 0.490 e. The van der Waals surface area contributed by atoms with E-state index in [9.17, 15) is 19.6 Å². The lowest BCUT2D eigenvalue weighted by Crippen LogP contribution is -2.49. The molecular weight excluding hydrogens is 578 g/mol. The summed E-state index contributed by atoms with van der Waals surface area (Å²) < 4.78 is 16.4. The van der Waals surface area contributed by atoms with Crippen LogP contribution in [0.5, 0.6) is 5.75 Å². The number of nitrogens with zero attached hydrogens (tertiary/aromatic N) is 3. The van der Waals surface area contributed by atoms with E-state index in [4.69, 9.17) is 14.2 Å². The lowest BCUT2D eigenvalue weighted by molar-refractivity contribution is 0.0358. The van der Waals surface area contributed by atoms with Crippen LogP contribution in [0.1, 0.15) is 87.4 Å². The van der Waals surface area contributed by atoms with Crippen LogP contribution in [-0.2, 0) is 15.2 Å². The van der Waals surface area contributed by atoms with Gasteiger partial charge in [-0.1, -0.05) is 12.1 Å². The second-order valence-corrected chi connectivity index (χ2v) is 11.8. The van der Waals surface area contributed by atoms with Crippen molar-refractivity contribution in [1.82, 2.24) is 9.88 Å². The molecule has 2 aromatic carbocycles. The number of hydrogen-bond donors (Lipinski definition) is 0. The average Bonchev–Trinajstić information content (AvgIpc) is 3.30. The van der Waals surface area contributed by atoms with E-state index < -0.39 is 5.97 Å². The van der Waals surface area contributed by atoms with Gasteiger partial charge in [0.15, 0.2) is 0 Å². The maximum Gasteiger partial charge on any atom is 0.340 e. The first-order valence-electron chi connectivity index (χ1n) is 14.9. The third kappa shape index (κ3) is 6.89. The van der Waals surface area contributed by atoms with Gasteiger partial charge < -0.3 is 19.1 Å². The molecule has 2 saturated heterocycles. The van der Waals surface area contributed by atoms with E-state index in [1.807, 2.05) is 29.2 Å². The lowest BCUT2D eigenvalue weighted by atomic mass is 9.98. The van der Waals surface area contributed by atoms with Crippen LogP contribution in [0.25, 0.3) is 0 Å². The van der Waals surface area contributed by atoms with Gasteiger partial charge in [0.2, 0.25) is 0 Å². The fourth-order valence-electron chi connectivity index (χ4n) is 5.86. The van der Waals surface area contributed by atoms with Crippen LogP contribution in [0.2, 0.25) is 0 Å². The minimum Gasteiger partial charge on any atom is -0.490 e. The number of benzene rings is 2. The number of carbonyl (C=O) groups is 3. The monoisotopic (exact) mass is 613 g/mol. The minimum atomic E-state index is -0.488. The molecule has 2 atom stereocenters. The first kappa shape index (κ1) is 31.1. The summed E-state index contributed by atoms with van der Waals surface area (Å²) >= 11 is 1.41. The van der Waals surface area contributed by atoms with Crippen molar-refractivity contribution in [3.8, 4) is 11.8 Å². The third-order valence-corrected chi connectivity index (χ3v) is 9.03. The highest BCUT2D eigenvalue weighted by Gasteiger charge is 2.44. The van der Waals surface area contributed by atoms with Crippen LogP contribution in [0, 0.1) is 18.3 Å². The van der Waals surface area contributed by atoms with Gasteiger partial charge in [-0.15, -0.1) is 11.8 Å². The van der Waals surface area contributed by atoms with Gasteiger partial charge in [0, 0.05) is 36.2 Å². The summed E-state index contributed by atoms with van der Waals surface area (Å²) in [4.78, 5) is 44.2. The van der Waals surface area contributed by atoms with Crippen LogP contribution >= 0.6 is 11.8 Å². The van der Waals surface area contributed by atoms with Gasteiger partial charge in [0.05, 0.1) is 35.6 Å². The van der Waals surface area contributed by atoms with Gasteiger partial charge in [-0.05, 0) is 81.6 Å². The highest BCUT2D eigenvalue weighted by Crippen LogP contribution is 2.38. The highest BCUT2D eigenvalue weighted by atomic mass is 32.2. The van der Waals surface area contributed by atoms with Crippen LogP contribution in [0.4, 0.5) is 0 Å². The molecule has 9 nitrogen and oxygen atoms in total. The van der Waals surface area contributed by atoms with Gasteiger partial charge in [-0.25, -0.2) is 14.6 Å². The van der Waals surface area contributed by atoms with Gasteiger partial charge >= 0.3 is 11.9 Å². The van der Waals surface area contributed by atoms with Gasteiger partial charge in [0.1, 0.15) is 22.9 Å². The standard InChI is InChI=1S/C34H35N3O6S/c1-4-41-33(39)24-10-14-28(15-11-24)43-29-17-26-12-13-27(18-29)37(26)32(38)23-8-6-22(7-9-23)20-44-31-25(19-35)16-30(21(3)36-31)34(40)42-5-2/h6-11,14-16,26-27,29H,4-5,12-13,17-18,20H2,1-3H3. The molecule has 1 amide bonds. The molecule has 44 heavy (non-hydrogen) atoms. The zero-order chi connectivity index (χ0) is 31.2. The van der Waals surface area contributed by atoms with E-state index in [0.29, 0.717) is 51.1 Å². The molecule has 3 heterocycles. The first-order chi connectivity index (χ1) is 21.3. The van der Waals surface area contributed by atoms with Crippen LogP contribution in [-0.4, -0.2) is 59.1 Å². The first-order valence-corrected chi connectivity index (χ1v) is 15.9. The van der Waals surface area contributed by atoms with Gasteiger partial charge in [-0.3, -0.25) is 4.79 Å². The number of esters is 2. The number of amides is 1. The molecule has 0 saturated carbocycles. The molecule has 228 valence electrons. The van der Waals surface area contributed by atoms with E-state index in [1.54, 1.807) is 45.0 Å². The van der Waals surface area contributed by atoms with Crippen LogP contribution in [0.15, 0.2) is 59.6 Å². The van der Waals surface area contributed by atoms with Gasteiger partial charge in [0.25, 0.3) is 5.91 Å². The van der Waals surface area contributed by atoms with E-state index in [1.165, 1.54) is 17.8 Å². The average molecular weight is 614 g/mol. The van der Waals surface area contributed by atoms with Crippen molar-refractivity contribution in [3.63, 3.8) is 0 Å². The van der Waals surface area contributed by atoms with Crippen molar-refractivity contribution in [1.29, 1.82) is 5.26 Å². The Hall–Kier alpha value is -4.36. The van der Waals surface area contributed by atoms with Crippen molar-refractivity contribution in [2.24, 2.45) is 0 Å². The molecule has 2 fully saturated rings. The Morgan fingerprint density at radius 3 is 2.16 bits per heavy atom. The number of fused-ring (bicyclic) bond motifs is 2. The Balaban J connectivity index is 1.18. The normalized spacial score (nSPS) is 18.8. The quantitative estimate of drug-likeness (QED) is 0.197. The summed E-state index contributed by atoms with van der Waals surface area (Å²) in [5, 5.41) is 10.2.